The van der Waals surface area contributed by atoms with Crippen LogP contribution in [0.3, 0.4) is 0 Å². The van der Waals surface area contributed by atoms with Crippen LogP contribution in [0.4, 0.5) is 4.39 Å². The summed E-state index contributed by atoms with van der Waals surface area (Å²) in [5, 5.41) is 28.4. The van der Waals surface area contributed by atoms with Gasteiger partial charge < -0.3 is 20.1 Å². The number of H-pyrrole nitrogens is 1. The molecule has 9 heteroatoms. The highest BCUT2D eigenvalue weighted by molar-refractivity contribution is 4.99. The van der Waals surface area contributed by atoms with E-state index in [2.05, 4.69) is 0 Å². The smallest absolute Gasteiger partial charge is 0.331 e. The summed E-state index contributed by atoms with van der Waals surface area (Å²) in [6.45, 7) is -1.22. The summed E-state index contributed by atoms with van der Waals surface area (Å²) in [5.74, 6) is -1.28. The van der Waals surface area contributed by atoms with Gasteiger partial charge in [0.2, 0.25) is 11.5 Å². The predicted molar refractivity (Wildman–Crippen MR) is 54.3 cm³/mol. The molecular weight excluding hydrogens is 251 g/mol. The Kier molecular flexibility index (Phi) is 3.07. The number of aromatic nitrogens is 2. The zero-order valence-electron chi connectivity index (χ0n) is 9.04. The van der Waals surface area contributed by atoms with Crippen molar-refractivity contribution in [2.24, 2.45) is 0 Å². The van der Waals surface area contributed by atoms with E-state index in [1.165, 1.54) is 0 Å². The maximum Gasteiger partial charge on any atom is 0.331 e. The zero-order chi connectivity index (χ0) is 13.5. The summed E-state index contributed by atoms with van der Waals surface area (Å²) in [6.07, 6.45) is -2.46. The van der Waals surface area contributed by atoms with E-state index < -0.39 is 41.6 Å². The van der Waals surface area contributed by atoms with E-state index in [1.807, 2.05) is 0 Å². The largest absolute Gasteiger partial charge is 0.391 e. The number of halogens is 1. The number of hydrogen-bond acceptors (Lipinski definition) is 6. The van der Waals surface area contributed by atoms with E-state index in [1.54, 1.807) is 4.98 Å². The molecule has 1 aliphatic rings. The number of nitrogens with zero attached hydrogens (tertiary/aromatic N) is 1. The molecule has 4 N–H and O–H groups in total. The zero-order valence-corrected chi connectivity index (χ0v) is 9.04. The topological polar surface area (TPSA) is 125 Å². The van der Waals surface area contributed by atoms with Crippen molar-refractivity contribution in [1.29, 1.82) is 0 Å². The van der Waals surface area contributed by atoms with Gasteiger partial charge in [0.1, 0.15) is 12.2 Å². The molecule has 2 rings (SSSR count). The third-order valence-electron chi connectivity index (χ3n) is 2.86. The molecule has 0 amide bonds. The molecule has 0 aliphatic carbocycles. The lowest BCUT2D eigenvalue weighted by molar-refractivity contribution is -0.155. The fourth-order valence-electron chi connectivity index (χ4n) is 1.86. The SMILES string of the molecule is O=c1[nH]c(=O)n([C@@]2(CO)OC[C@H](O)[C@@H]2O)cc1F. The minimum absolute atomic E-state index is 0.338. The van der Waals surface area contributed by atoms with Crippen molar-refractivity contribution < 1.29 is 24.4 Å². The average molecular weight is 262 g/mol. The molecule has 0 aromatic carbocycles. The Balaban J connectivity index is 2.63. The van der Waals surface area contributed by atoms with Crippen LogP contribution < -0.4 is 11.2 Å². The van der Waals surface area contributed by atoms with E-state index in [9.17, 15) is 29.3 Å². The summed E-state index contributed by atoms with van der Waals surface area (Å²) >= 11 is 0. The summed E-state index contributed by atoms with van der Waals surface area (Å²) in [5.41, 5.74) is -4.30. The second-order valence-electron chi connectivity index (χ2n) is 3.93. The summed E-state index contributed by atoms with van der Waals surface area (Å²) in [4.78, 5) is 24.1. The highest BCUT2D eigenvalue weighted by atomic mass is 19.1. The third-order valence-corrected chi connectivity index (χ3v) is 2.86. The lowest BCUT2D eigenvalue weighted by Crippen LogP contribution is -2.54. The second kappa shape index (κ2) is 4.28. The van der Waals surface area contributed by atoms with E-state index in [0.717, 1.165) is 0 Å². The Bertz CT molecular complexity index is 569. The number of nitrogens with one attached hydrogen (secondary N) is 1. The van der Waals surface area contributed by atoms with E-state index >= 15 is 0 Å². The first kappa shape index (κ1) is 12.9. The molecule has 18 heavy (non-hydrogen) atoms. The van der Waals surface area contributed by atoms with Crippen LogP contribution in [0.1, 0.15) is 0 Å². The van der Waals surface area contributed by atoms with Gasteiger partial charge in [-0.05, 0) is 0 Å². The Morgan fingerprint density at radius 2 is 2.22 bits per heavy atom. The summed E-state index contributed by atoms with van der Waals surface area (Å²) in [6, 6.07) is 0. The van der Waals surface area contributed by atoms with Crippen LogP contribution in [0.5, 0.6) is 0 Å². The van der Waals surface area contributed by atoms with Gasteiger partial charge in [-0.15, -0.1) is 0 Å². The fourth-order valence-corrected chi connectivity index (χ4v) is 1.86. The summed E-state index contributed by atoms with van der Waals surface area (Å²) < 4.78 is 18.7. The molecule has 8 nitrogen and oxygen atoms in total. The molecule has 3 atom stereocenters. The molecule has 2 heterocycles. The van der Waals surface area contributed by atoms with Gasteiger partial charge in [-0.25, -0.2) is 4.79 Å². The fraction of sp³-hybridized carbons (Fsp3) is 0.556. The highest BCUT2D eigenvalue weighted by Gasteiger charge is 2.51. The molecule has 1 saturated heterocycles. The molecule has 0 radical (unpaired) electrons. The van der Waals surface area contributed by atoms with E-state index in [-0.39, 0.29) is 6.61 Å². The van der Waals surface area contributed by atoms with Gasteiger partial charge in [0, 0.05) is 0 Å². The number of aliphatic hydroxyl groups excluding tert-OH is 3. The minimum atomic E-state index is -2.01. The Morgan fingerprint density at radius 3 is 2.72 bits per heavy atom. The molecule has 1 fully saturated rings. The van der Waals surface area contributed by atoms with Crippen LogP contribution in [0.15, 0.2) is 15.8 Å². The summed E-state index contributed by atoms with van der Waals surface area (Å²) in [7, 11) is 0. The average Bonchev–Trinajstić information content (AvgIpc) is 2.62. The molecule has 100 valence electrons. The van der Waals surface area contributed by atoms with Gasteiger partial charge in [-0.3, -0.25) is 14.3 Å². The Morgan fingerprint density at radius 1 is 1.56 bits per heavy atom. The molecule has 1 aromatic rings. The quantitative estimate of drug-likeness (QED) is 0.452. The van der Waals surface area contributed by atoms with Gasteiger partial charge in [0.25, 0.3) is 5.56 Å². The van der Waals surface area contributed by atoms with E-state index in [0.29, 0.717) is 10.8 Å². The first-order chi connectivity index (χ1) is 8.42. The highest BCUT2D eigenvalue weighted by Crippen LogP contribution is 2.29. The lowest BCUT2D eigenvalue weighted by atomic mass is 10.1. The van der Waals surface area contributed by atoms with Crippen molar-refractivity contribution in [1.82, 2.24) is 9.55 Å². The van der Waals surface area contributed by atoms with Gasteiger partial charge in [-0.1, -0.05) is 0 Å². The van der Waals surface area contributed by atoms with Crippen molar-refractivity contribution in [2.45, 2.75) is 17.9 Å². The second-order valence-corrected chi connectivity index (χ2v) is 3.93. The molecule has 0 bridgehead atoms. The van der Waals surface area contributed by atoms with Crippen LogP contribution in [0.25, 0.3) is 0 Å². The van der Waals surface area contributed by atoms with Crippen molar-refractivity contribution >= 4 is 0 Å². The monoisotopic (exact) mass is 262 g/mol. The third kappa shape index (κ3) is 1.68. The first-order valence-corrected chi connectivity index (χ1v) is 5.05. The number of ether oxygens (including phenoxy) is 1. The maximum absolute atomic E-state index is 13.2. The Hall–Kier alpha value is -1.55. The van der Waals surface area contributed by atoms with E-state index in [4.69, 9.17) is 4.74 Å². The van der Waals surface area contributed by atoms with Crippen molar-refractivity contribution in [2.75, 3.05) is 13.2 Å². The minimum Gasteiger partial charge on any atom is -0.391 e. The van der Waals surface area contributed by atoms with Gasteiger partial charge in [0.15, 0.2) is 0 Å². The van der Waals surface area contributed by atoms with Gasteiger partial charge in [0.05, 0.1) is 19.4 Å². The first-order valence-electron chi connectivity index (χ1n) is 5.05. The molecule has 0 saturated carbocycles. The van der Waals surface area contributed by atoms with Crippen LogP contribution in [-0.2, 0) is 10.5 Å². The van der Waals surface area contributed by atoms with Gasteiger partial charge >= 0.3 is 5.69 Å². The van der Waals surface area contributed by atoms with Crippen LogP contribution >= 0.6 is 0 Å². The van der Waals surface area contributed by atoms with Crippen LogP contribution in [0.2, 0.25) is 0 Å². The predicted octanol–water partition coefficient (Wildman–Crippen LogP) is -2.93. The standard InChI is InChI=1S/C9H11FN2O6/c10-4-1-12(8(17)11-7(4)16)9(3-13)6(15)5(14)2-18-9/h1,5-6,13-15H,2-3H2,(H,11,16,17)/t5-,6-,9-/m0/s1. The van der Waals surface area contributed by atoms with Crippen molar-refractivity contribution in [3.05, 3.63) is 32.9 Å². The van der Waals surface area contributed by atoms with Gasteiger partial charge in [-0.2, -0.15) is 4.39 Å². The van der Waals surface area contributed by atoms with Crippen molar-refractivity contribution in [3.63, 3.8) is 0 Å². The van der Waals surface area contributed by atoms with Crippen molar-refractivity contribution in [3.8, 4) is 0 Å². The number of aromatic amines is 1. The molecule has 1 aliphatic heterocycles. The Labute approximate surface area is 98.9 Å². The lowest BCUT2D eigenvalue weighted by Gasteiger charge is -2.31. The number of aliphatic hydroxyl groups is 3. The molecular formula is C9H11FN2O6. The molecule has 0 spiro atoms. The van der Waals surface area contributed by atoms with Crippen LogP contribution in [-0.4, -0.2) is 50.3 Å². The van der Waals surface area contributed by atoms with Crippen LogP contribution in [0, 0.1) is 5.82 Å². The molecule has 1 aromatic heterocycles. The number of hydrogen-bond donors (Lipinski definition) is 4. The maximum atomic E-state index is 13.2. The molecule has 0 unspecified atom stereocenters. The number of rotatable bonds is 2. The normalized spacial score (nSPS) is 31.8.